The van der Waals surface area contributed by atoms with Crippen LogP contribution >= 0.6 is 0 Å². The molecule has 8 heteroatoms. The van der Waals surface area contributed by atoms with Crippen LogP contribution in [0.25, 0.3) is 212 Å². The normalized spacial score (nSPS) is 12.4. The molecule has 2 aliphatic rings. The number of carbonyl (C=O) groups excluding carboxylic acids is 1. The molecule has 0 radical (unpaired) electrons. The van der Waals surface area contributed by atoms with Crippen LogP contribution in [-0.2, 0) is 10.8 Å². The maximum atomic E-state index is 15.3. The number of hydrogen-bond donors (Lipinski definition) is 0. The zero-order valence-electron chi connectivity index (χ0n) is 79.0. The molecule has 24 aromatic rings. The van der Waals surface area contributed by atoms with Crippen molar-refractivity contribution in [1.82, 2.24) is 34.1 Å². The van der Waals surface area contributed by atoms with Gasteiger partial charge in [-0.2, -0.15) is 9.97 Å². The Balaban J connectivity index is 0.000000119. The van der Waals surface area contributed by atoms with Gasteiger partial charge in [-0.15, -0.1) is 0 Å². The lowest BCUT2D eigenvalue weighted by Crippen LogP contribution is -2.15. The number of aromatic nitrogens is 7. The Bertz CT molecular complexity index is 8110. The highest BCUT2D eigenvalue weighted by molar-refractivity contribution is 6.14. The Morgan fingerprint density at radius 3 is 0.761 bits per heavy atom. The molecule has 2 aliphatic carbocycles. The maximum absolute atomic E-state index is 15.3. The zero-order chi connectivity index (χ0) is 95.4. The molecule has 0 saturated heterocycles. The Morgan fingerprint density at radius 2 is 0.437 bits per heavy atom. The van der Waals surface area contributed by atoms with Gasteiger partial charge in [-0.25, -0.2) is 15.0 Å². The van der Waals surface area contributed by atoms with Crippen LogP contribution in [0.2, 0.25) is 0 Å². The third-order valence-corrected chi connectivity index (χ3v) is 28.3. The average molecular weight is 1820 g/mol. The lowest BCUT2D eigenvalue weighted by Gasteiger charge is -2.21. The van der Waals surface area contributed by atoms with E-state index in [9.17, 15) is 0 Å². The van der Waals surface area contributed by atoms with Gasteiger partial charge in [0, 0.05) is 65.8 Å². The van der Waals surface area contributed by atoms with Gasteiger partial charge in [0.2, 0.25) is 11.9 Å². The second-order valence-corrected chi connectivity index (χ2v) is 37.8. The van der Waals surface area contributed by atoms with Crippen LogP contribution < -0.4 is 0 Å². The van der Waals surface area contributed by atoms with Crippen LogP contribution in [0.1, 0.15) is 65.9 Å². The molecule has 0 aliphatic heterocycles. The van der Waals surface area contributed by atoms with E-state index >= 15 is 4.79 Å². The van der Waals surface area contributed by atoms with E-state index in [-0.39, 0.29) is 16.6 Å². The second kappa shape index (κ2) is 36.7. The number of hydrogen-bond acceptors (Lipinski definition) is 6. The van der Waals surface area contributed by atoms with Crippen molar-refractivity contribution in [3.63, 3.8) is 0 Å². The molecule has 0 fully saturated rings. The van der Waals surface area contributed by atoms with Crippen LogP contribution in [0.15, 0.2) is 504 Å². The largest absolute Gasteiger partial charge is 0.289 e. The molecule has 26 rings (SSSR count). The van der Waals surface area contributed by atoms with Gasteiger partial charge >= 0.3 is 0 Å². The molecule has 8 nitrogen and oxygen atoms in total. The molecular weight excluding hydrogens is 1720 g/mol. The summed E-state index contributed by atoms with van der Waals surface area (Å²) >= 11 is 0. The summed E-state index contributed by atoms with van der Waals surface area (Å²) in [7, 11) is 0. The quantitative estimate of drug-likeness (QED) is 0.0895. The third-order valence-electron chi connectivity index (χ3n) is 28.3. The standard InChI is InChI=1S/C61H42O.C37H27N3.C36H26N4/c62-61(59-39-55(51-29-13-25-47(33-51)43-17-5-1-6-18-43)37-56(40-59)52-30-14-26-48(34-52)44-19-7-2-8-20-44)60-41-57(53-31-15-27-49(35-53)45-21-9-3-10-22-45)38-58(42-60)54-32-16-28-50(36-54)46-23-11-4-12-24-46;1-37(2)30-19-11-9-17-26(30)28-21-29-27-18-10-12-20-34(27)40(35(29)22-31(28)37)36-38-32(24-13-5-3-6-14-24)23-33(39-36)25-15-7-4-8-16-25;1-36(2)29-19-11-9-17-25(29)27-21-28-26-18-10-12-20-31(26)40(32(28)22-30(27)36)35-38-33(23-13-5-3-6-14-23)37-34(39-35)24-15-7-4-8-16-24/h1-42H;3-23H,1-2H3;3-22H,1-2H3. The van der Waals surface area contributed by atoms with E-state index < -0.39 is 0 Å². The van der Waals surface area contributed by atoms with E-state index in [0.717, 1.165) is 145 Å². The molecular formula is C134H95N7O. The van der Waals surface area contributed by atoms with Gasteiger partial charge < -0.3 is 0 Å². The minimum atomic E-state index is -0.106. The lowest BCUT2D eigenvalue weighted by molar-refractivity contribution is 0.103. The summed E-state index contributed by atoms with van der Waals surface area (Å²) in [5.41, 5.74) is 39.3. The van der Waals surface area contributed by atoms with E-state index in [0.29, 0.717) is 34.7 Å². The molecule has 0 N–H and O–H groups in total. The van der Waals surface area contributed by atoms with Crippen LogP contribution in [-0.4, -0.2) is 39.8 Å². The monoisotopic (exact) mass is 1820 g/mol. The smallest absolute Gasteiger partial charge is 0.238 e. The first-order chi connectivity index (χ1) is 69.8. The van der Waals surface area contributed by atoms with E-state index in [1.165, 1.54) is 66.1 Å². The van der Waals surface area contributed by atoms with Crippen molar-refractivity contribution >= 4 is 49.4 Å². The zero-order valence-corrected chi connectivity index (χ0v) is 79.0. The van der Waals surface area contributed by atoms with Gasteiger partial charge in [0.1, 0.15) is 0 Å². The molecule has 142 heavy (non-hydrogen) atoms. The van der Waals surface area contributed by atoms with Gasteiger partial charge in [-0.05, 0) is 237 Å². The Labute approximate surface area is 826 Å². The van der Waals surface area contributed by atoms with Crippen molar-refractivity contribution in [2.45, 2.75) is 38.5 Å². The summed E-state index contributed by atoms with van der Waals surface area (Å²) in [4.78, 5) is 40.8. The minimum Gasteiger partial charge on any atom is -0.289 e. The summed E-state index contributed by atoms with van der Waals surface area (Å²) in [5, 5.41) is 4.81. The summed E-state index contributed by atoms with van der Waals surface area (Å²) < 4.78 is 4.47. The summed E-state index contributed by atoms with van der Waals surface area (Å²) in [6.07, 6.45) is 0. The number of benzene rings is 20. The third kappa shape index (κ3) is 16.3. The molecule has 0 bridgehead atoms. The van der Waals surface area contributed by atoms with Gasteiger partial charge in [0.25, 0.3) is 0 Å². The number of fused-ring (bicyclic) bond motifs is 12. The fourth-order valence-corrected chi connectivity index (χ4v) is 21.1. The highest BCUT2D eigenvalue weighted by Gasteiger charge is 2.39. The van der Waals surface area contributed by atoms with Crippen LogP contribution in [0.4, 0.5) is 0 Å². The number of rotatable bonds is 16. The number of ketones is 1. The highest BCUT2D eigenvalue weighted by Crippen LogP contribution is 2.54. The van der Waals surface area contributed by atoms with Gasteiger partial charge in [0.15, 0.2) is 17.4 Å². The fraction of sp³-hybridized carbons (Fsp3) is 0.0448. The van der Waals surface area contributed by atoms with Crippen LogP contribution in [0.5, 0.6) is 0 Å². The maximum Gasteiger partial charge on any atom is 0.238 e. The Kier molecular flexibility index (Phi) is 22.4. The van der Waals surface area contributed by atoms with E-state index in [1.807, 2.05) is 97.1 Å². The molecule has 0 atom stereocenters. The number of nitrogens with zero attached hydrogens (tertiary/aromatic N) is 7. The SMILES string of the molecule is CC1(C)c2ccccc2-c2cc3c4ccccc4n(-c4nc(-c5ccccc5)cc(-c5ccccc5)n4)c3cc21.CC1(C)c2ccccc2-c2cc3c4ccccc4n(-c4nc(-c5ccccc5)nc(-c5ccccc5)n4)c3cc21.O=C(c1cc(-c2cccc(-c3ccccc3)c2)cc(-c2cccc(-c3ccccc3)c2)c1)c1cc(-c2cccc(-c3ccccc3)c2)cc(-c2cccc(-c3ccccc3)c2)c1. The van der Waals surface area contributed by atoms with Crippen LogP contribution in [0.3, 0.4) is 0 Å². The van der Waals surface area contributed by atoms with Crippen molar-refractivity contribution in [3.05, 3.63) is 537 Å². The fourth-order valence-electron chi connectivity index (χ4n) is 21.1. The molecule has 0 spiro atoms. The minimum absolute atomic E-state index is 0.0342. The van der Waals surface area contributed by atoms with E-state index in [2.05, 4.69) is 443 Å². The summed E-state index contributed by atoms with van der Waals surface area (Å²) in [6.45, 7) is 9.30. The first-order valence-corrected chi connectivity index (χ1v) is 48.5. The molecule has 672 valence electrons. The van der Waals surface area contributed by atoms with Crippen molar-refractivity contribution < 1.29 is 4.79 Å². The van der Waals surface area contributed by atoms with Crippen molar-refractivity contribution in [3.8, 4) is 168 Å². The molecule has 0 saturated carbocycles. The van der Waals surface area contributed by atoms with Gasteiger partial charge in [-0.3, -0.25) is 13.9 Å². The average Bonchev–Trinajstić information content (AvgIpc) is 1.55. The van der Waals surface area contributed by atoms with Crippen molar-refractivity contribution in [1.29, 1.82) is 0 Å². The van der Waals surface area contributed by atoms with Crippen molar-refractivity contribution in [2.75, 3.05) is 0 Å². The predicted octanol–water partition coefficient (Wildman–Crippen LogP) is 34.1. The molecule has 4 aromatic heterocycles. The first kappa shape index (κ1) is 86.6. The van der Waals surface area contributed by atoms with Crippen LogP contribution in [0, 0.1) is 0 Å². The van der Waals surface area contributed by atoms with E-state index in [4.69, 9.17) is 24.9 Å². The summed E-state index contributed by atoms with van der Waals surface area (Å²) in [5.74, 6) is 2.58. The van der Waals surface area contributed by atoms with Crippen molar-refractivity contribution in [2.24, 2.45) is 0 Å². The molecule has 0 amide bonds. The number of carbonyl (C=O) groups is 1. The Morgan fingerprint density at radius 1 is 0.183 bits per heavy atom. The molecule has 4 heterocycles. The van der Waals surface area contributed by atoms with Gasteiger partial charge in [-0.1, -0.05) is 428 Å². The lowest BCUT2D eigenvalue weighted by atomic mass is 9.82. The van der Waals surface area contributed by atoms with Gasteiger partial charge in [0.05, 0.1) is 33.5 Å². The number of para-hydroxylation sites is 2. The molecule has 0 unspecified atom stereocenters. The second-order valence-electron chi connectivity index (χ2n) is 37.8. The Hall–Kier alpha value is -18.2. The topological polar surface area (TPSA) is 91.4 Å². The van der Waals surface area contributed by atoms with E-state index in [1.54, 1.807) is 0 Å². The summed E-state index contributed by atoms with van der Waals surface area (Å²) in [6, 6.07) is 176. The highest BCUT2D eigenvalue weighted by atomic mass is 16.1. The predicted molar refractivity (Wildman–Crippen MR) is 587 cm³/mol. The molecule has 20 aromatic carbocycles. The first-order valence-electron chi connectivity index (χ1n) is 48.5.